The summed E-state index contributed by atoms with van der Waals surface area (Å²) in [6, 6.07) is 0. The van der Waals surface area contributed by atoms with E-state index < -0.39 is 0 Å². The summed E-state index contributed by atoms with van der Waals surface area (Å²) in [5, 5.41) is 0. The Kier molecular flexibility index (Phi) is 3.24. The van der Waals surface area contributed by atoms with Gasteiger partial charge in [0, 0.05) is 4.99 Å². The Morgan fingerprint density at radius 2 is 1.89 bits per heavy atom. The van der Waals surface area contributed by atoms with Crippen molar-refractivity contribution in [2.45, 2.75) is 27.7 Å². The summed E-state index contributed by atoms with van der Waals surface area (Å²) in [6.07, 6.45) is 0. The first kappa shape index (κ1) is 9.00. The lowest BCUT2D eigenvalue weighted by Gasteiger charge is -2.16. The molecule has 0 fully saturated rings. The Balaban J connectivity index is 4.40. The normalized spacial score (nSPS) is 10.3. The molecule has 0 rings (SSSR count). The molecule has 0 aromatic heterocycles. The van der Waals surface area contributed by atoms with E-state index in [9.17, 15) is 0 Å². The van der Waals surface area contributed by atoms with Gasteiger partial charge in [-0.2, -0.15) is 0 Å². The largest absolute Gasteiger partial charge is 0.114 e. The summed E-state index contributed by atoms with van der Waals surface area (Å²) < 4.78 is 0. The Morgan fingerprint density at radius 3 is 2.00 bits per heavy atom. The van der Waals surface area contributed by atoms with Gasteiger partial charge >= 0.3 is 0 Å². The fourth-order valence-corrected chi connectivity index (χ4v) is 0.642. The monoisotopic (exact) mass is 188 g/mol. The second-order valence-corrected chi connectivity index (χ2v) is 3.59. The van der Waals surface area contributed by atoms with Gasteiger partial charge in [-0.3, -0.25) is 0 Å². The van der Waals surface area contributed by atoms with Gasteiger partial charge in [0.1, 0.15) is 0 Å². The van der Waals surface area contributed by atoms with Crippen molar-refractivity contribution in [3.63, 3.8) is 0 Å². The van der Waals surface area contributed by atoms with E-state index in [0.717, 1.165) is 0 Å². The standard InChI is InChI=1S/C8H13Br/c1-7(5-6-9)8(2,3)4/h6H,1-4H3. The molecule has 0 aliphatic carbocycles. The van der Waals surface area contributed by atoms with Gasteiger partial charge in [-0.05, 0) is 17.9 Å². The Bertz CT molecular complexity index is 142. The van der Waals surface area contributed by atoms with Crippen molar-refractivity contribution in [2.24, 2.45) is 5.41 Å². The van der Waals surface area contributed by atoms with Gasteiger partial charge in [0.25, 0.3) is 0 Å². The fourth-order valence-electron chi connectivity index (χ4n) is 0.298. The van der Waals surface area contributed by atoms with Gasteiger partial charge in [-0.15, -0.1) is 5.73 Å². The van der Waals surface area contributed by atoms with E-state index in [1.54, 1.807) is 4.99 Å². The molecule has 0 saturated carbocycles. The molecule has 0 radical (unpaired) electrons. The zero-order chi connectivity index (χ0) is 7.49. The summed E-state index contributed by atoms with van der Waals surface area (Å²) >= 11 is 3.19. The average Bonchev–Trinajstić information content (AvgIpc) is 1.64. The lowest BCUT2D eigenvalue weighted by atomic mass is 9.88. The first-order chi connectivity index (χ1) is 3.98. The van der Waals surface area contributed by atoms with Crippen LogP contribution in [0.3, 0.4) is 0 Å². The molecule has 0 spiro atoms. The molecule has 0 aliphatic rings. The van der Waals surface area contributed by atoms with E-state index in [1.165, 1.54) is 5.57 Å². The third-order valence-corrected chi connectivity index (χ3v) is 1.62. The van der Waals surface area contributed by atoms with E-state index in [1.807, 2.05) is 0 Å². The van der Waals surface area contributed by atoms with Crippen LogP contribution in [0.1, 0.15) is 27.7 Å². The SMILES string of the molecule is CC(=C=CBr)C(C)(C)C. The Hall–Kier alpha value is 0. The number of allylic oxidation sites excluding steroid dienone is 1. The van der Waals surface area contributed by atoms with Crippen LogP contribution >= 0.6 is 15.9 Å². The highest BCUT2D eigenvalue weighted by molar-refractivity contribution is 9.11. The molecule has 0 aliphatic heterocycles. The summed E-state index contributed by atoms with van der Waals surface area (Å²) in [4.78, 5) is 1.77. The Morgan fingerprint density at radius 1 is 1.44 bits per heavy atom. The van der Waals surface area contributed by atoms with E-state index >= 15 is 0 Å². The summed E-state index contributed by atoms with van der Waals surface area (Å²) in [5.41, 5.74) is 4.61. The highest BCUT2D eigenvalue weighted by atomic mass is 79.9. The Labute approximate surface area is 65.8 Å². The predicted octanol–water partition coefficient (Wildman–Crippen LogP) is 3.49. The predicted molar refractivity (Wildman–Crippen MR) is 45.7 cm³/mol. The van der Waals surface area contributed by atoms with E-state index in [0.29, 0.717) is 0 Å². The first-order valence-electron chi connectivity index (χ1n) is 3.01. The molecule has 0 atom stereocenters. The maximum absolute atomic E-state index is 3.19. The maximum atomic E-state index is 3.19. The van der Waals surface area contributed by atoms with Crippen LogP contribution in [-0.4, -0.2) is 0 Å². The zero-order valence-electron chi connectivity index (χ0n) is 6.46. The summed E-state index contributed by atoms with van der Waals surface area (Å²) in [5.74, 6) is 0. The highest BCUT2D eigenvalue weighted by Gasteiger charge is 2.10. The van der Waals surface area contributed by atoms with Crippen molar-refractivity contribution < 1.29 is 0 Å². The topological polar surface area (TPSA) is 0 Å². The van der Waals surface area contributed by atoms with Crippen molar-refractivity contribution in [1.82, 2.24) is 0 Å². The molecule has 1 heteroatoms. The summed E-state index contributed by atoms with van der Waals surface area (Å²) in [7, 11) is 0. The summed E-state index contributed by atoms with van der Waals surface area (Å²) in [6.45, 7) is 8.60. The maximum Gasteiger partial charge on any atom is 0.0231 e. The van der Waals surface area contributed by atoms with E-state index in [4.69, 9.17) is 0 Å². The third kappa shape index (κ3) is 3.56. The minimum absolute atomic E-state index is 0.254. The molecule has 9 heavy (non-hydrogen) atoms. The number of hydrogen-bond donors (Lipinski definition) is 0. The first-order valence-corrected chi connectivity index (χ1v) is 3.92. The molecule has 0 unspecified atom stereocenters. The molecule has 0 nitrogen and oxygen atoms in total. The van der Waals surface area contributed by atoms with Crippen molar-refractivity contribution in [3.05, 3.63) is 16.3 Å². The second-order valence-electron chi connectivity index (χ2n) is 3.13. The van der Waals surface area contributed by atoms with Crippen molar-refractivity contribution >= 4 is 15.9 Å². The van der Waals surface area contributed by atoms with Crippen LogP contribution in [0, 0.1) is 5.41 Å². The second kappa shape index (κ2) is 3.24. The molecule has 0 heterocycles. The smallest absolute Gasteiger partial charge is 0.0231 e. The minimum atomic E-state index is 0.254. The zero-order valence-corrected chi connectivity index (χ0v) is 8.04. The molecule has 0 bridgehead atoms. The fraction of sp³-hybridized carbons (Fsp3) is 0.625. The van der Waals surface area contributed by atoms with E-state index in [-0.39, 0.29) is 5.41 Å². The quantitative estimate of drug-likeness (QED) is 0.511. The molecule has 0 aromatic rings. The molecule has 52 valence electrons. The van der Waals surface area contributed by atoms with Gasteiger partial charge in [0.2, 0.25) is 0 Å². The minimum Gasteiger partial charge on any atom is -0.114 e. The van der Waals surface area contributed by atoms with Crippen LogP contribution in [0.4, 0.5) is 0 Å². The van der Waals surface area contributed by atoms with Crippen LogP contribution < -0.4 is 0 Å². The highest BCUT2D eigenvalue weighted by Crippen LogP contribution is 2.22. The molecular formula is C8H13Br. The molecule has 0 aromatic carbocycles. The molecule has 0 saturated heterocycles. The van der Waals surface area contributed by atoms with Crippen molar-refractivity contribution in [2.75, 3.05) is 0 Å². The van der Waals surface area contributed by atoms with Crippen LogP contribution in [0.5, 0.6) is 0 Å². The molecule has 0 amide bonds. The molecular weight excluding hydrogens is 176 g/mol. The van der Waals surface area contributed by atoms with Crippen LogP contribution in [0.2, 0.25) is 0 Å². The van der Waals surface area contributed by atoms with Gasteiger partial charge in [-0.1, -0.05) is 36.7 Å². The lowest BCUT2D eigenvalue weighted by molar-refractivity contribution is 0.505. The number of halogens is 1. The van der Waals surface area contributed by atoms with Crippen LogP contribution in [0.25, 0.3) is 0 Å². The van der Waals surface area contributed by atoms with Gasteiger partial charge < -0.3 is 0 Å². The third-order valence-electron chi connectivity index (χ3n) is 1.40. The van der Waals surface area contributed by atoms with E-state index in [2.05, 4.69) is 49.4 Å². The van der Waals surface area contributed by atoms with Gasteiger partial charge in [0.05, 0.1) is 0 Å². The number of hydrogen-bond acceptors (Lipinski definition) is 0. The number of rotatable bonds is 0. The van der Waals surface area contributed by atoms with Gasteiger partial charge in [-0.25, -0.2) is 0 Å². The van der Waals surface area contributed by atoms with Crippen molar-refractivity contribution in [1.29, 1.82) is 0 Å². The van der Waals surface area contributed by atoms with Crippen LogP contribution in [-0.2, 0) is 0 Å². The van der Waals surface area contributed by atoms with Gasteiger partial charge in [0.15, 0.2) is 0 Å². The lowest BCUT2D eigenvalue weighted by Crippen LogP contribution is -2.04. The van der Waals surface area contributed by atoms with Crippen molar-refractivity contribution in [3.8, 4) is 0 Å². The van der Waals surface area contributed by atoms with Crippen LogP contribution in [0.15, 0.2) is 16.3 Å². The average molecular weight is 189 g/mol. The molecule has 0 N–H and O–H groups in total.